The van der Waals surface area contributed by atoms with Gasteiger partial charge in [0, 0.05) is 30.1 Å². The van der Waals surface area contributed by atoms with Crippen LogP contribution < -0.4 is 21.3 Å². The van der Waals surface area contributed by atoms with Gasteiger partial charge in [0.25, 0.3) is 12.3 Å². The number of halogens is 2. The second-order valence-electron chi connectivity index (χ2n) is 11.3. The minimum atomic E-state index is -2.60. The molecule has 212 valence electrons. The van der Waals surface area contributed by atoms with E-state index in [1.165, 1.54) is 36.4 Å². The first-order chi connectivity index (χ1) is 18.3. The molecule has 11 heteroatoms. The molecule has 2 aliphatic rings. The molecule has 9 nitrogen and oxygen atoms in total. The van der Waals surface area contributed by atoms with Crippen LogP contribution in [0, 0.1) is 11.3 Å². The van der Waals surface area contributed by atoms with Gasteiger partial charge in [-0.15, -0.1) is 0 Å². The third-order valence-corrected chi connectivity index (χ3v) is 6.52. The van der Waals surface area contributed by atoms with Crippen LogP contribution in [0.5, 0.6) is 0 Å². The number of nitrogens with one attached hydrogen (secondary N) is 4. The maximum Gasteiger partial charge on any atom is 0.289 e. The Hall–Kier alpha value is -3.63. The predicted octanol–water partition coefficient (Wildman–Crippen LogP) is 2.42. The summed E-state index contributed by atoms with van der Waals surface area (Å²) in [5.74, 6) is -3.65. The number of rotatable bonds is 12. The highest BCUT2D eigenvalue weighted by atomic mass is 19.3. The summed E-state index contributed by atoms with van der Waals surface area (Å²) in [6.07, 6.45) is 2.27. The van der Waals surface area contributed by atoms with Gasteiger partial charge in [0.2, 0.25) is 23.5 Å². The fourth-order valence-corrected chi connectivity index (χ4v) is 4.27. The van der Waals surface area contributed by atoms with Gasteiger partial charge in [0.05, 0.1) is 6.04 Å². The van der Waals surface area contributed by atoms with Crippen LogP contribution in [0.4, 0.5) is 8.78 Å². The number of Topliss-reactive ketones (excluding diaryl/α,β-unsaturated/α-hetero) is 1. The Morgan fingerprint density at radius 3 is 2.23 bits per heavy atom. The van der Waals surface area contributed by atoms with Crippen molar-refractivity contribution in [3.8, 4) is 0 Å². The molecular weight excluding hydrogens is 510 g/mol. The Labute approximate surface area is 226 Å². The molecule has 1 aliphatic heterocycles. The van der Waals surface area contributed by atoms with Gasteiger partial charge < -0.3 is 21.3 Å². The molecule has 1 aromatic rings. The molecule has 3 rings (SSSR count). The smallest absolute Gasteiger partial charge is 0.289 e. The van der Waals surface area contributed by atoms with Gasteiger partial charge >= 0.3 is 0 Å². The number of carbonyl (C=O) groups excluding carboxylic acids is 5. The Kier molecular flexibility index (Phi) is 9.93. The molecular formula is C28H36F2N4O5. The van der Waals surface area contributed by atoms with E-state index < -0.39 is 53.3 Å². The van der Waals surface area contributed by atoms with Crippen LogP contribution in [-0.2, 0) is 24.0 Å². The van der Waals surface area contributed by atoms with Crippen LogP contribution in [0.15, 0.2) is 30.3 Å². The molecule has 0 aromatic heterocycles. The fourth-order valence-electron chi connectivity index (χ4n) is 4.27. The highest BCUT2D eigenvalue weighted by molar-refractivity contribution is 6.38. The van der Waals surface area contributed by atoms with E-state index in [0.29, 0.717) is 18.5 Å². The topological polar surface area (TPSA) is 133 Å². The third-order valence-electron chi connectivity index (χ3n) is 6.52. The molecule has 3 atom stereocenters. The molecule has 1 saturated carbocycles. The van der Waals surface area contributed by atoms with Gasteiger partial charge in [0.1, 0.15) is 6.04 Å². The van der Waals surface area contributed by atoms with Crippen LogP contribution in [0.3, 0.4) is 0 Å². The van der Waals surface area contributed by atoms with E-state index in [0.717, 1.165) is 12.8 Å². The summed E-state index contributed by atoms with van der Waals surface area (Å²) < 4.78 is 25.5. The number of amides is 4. The summed E-state index contributed by atoms with van der Waals surface area (Å²) in [5, 5.41) is 10.6. The van der Waals surface area contributed by atoms with Gasteiger partial charge in [-0.05, 0) is 49.2 Å². The van der Waals surface area contributed by atoms with Crippen LogP contribution in [-0.4, -0.2) is 54.1 Å². The van der Waals surface area contributed by atoms with Crippen molar-refractivity contribution < 1.29 is 32.8 Å². The first kappa shape index (κ1) is 29.9. The quantitative estimate of drug-likeness (QED) is 0.236. The van der Waals surface area contributed by atoms with Gasteiger partial charge in [0.15, 0.2) is 0 Å². The lowest BCUT2D eigenvalue weighted by Gasteiger charge is -2.28. The Balaban J connectivity index is 1.71. The molecule has 1 heterocycles. The summed E-state index contributed by atoms with van der Waals surface area (Å²) in [6, 6.07) is 3.10. The number of ketones is 1. The summed E-state index contributed by atoms with van der Waals surface area (Å²) in [5.41, 5.74) is -0.00441. The number of hydrogen-bond acceptors (Lipinski definition) is 5. The third kappa shape index (κ3) is 9.56. The first-order valence-electron chi connectivity index (χ1n) is 13.1. The van der Waals surface area contributed by atoms with Crippen molar-refractivity contribution in [1.29, 1.82) is 0 Å². The maximum absolute atomic E-state index is 13.4. The van der Waals surface area contributed by atoms with Crippen molar-refractivity contribution in [3.63, 3.8) is 0 Å². The van der Waals surface area contributed by atoms with Crippen molar-refractivity contribution in [1.82, 2.24) is 21.3 Å². The molecule has 0 radical (unpaired) electrons. The van der Waals surface area contributed by atoms with Crippen LogP contribution in [0.1, 0.15) is 70.4 Å². The molecule has 39 heavy (non-hydrogen) atoms. The average Bonchev–Trinajstić information content (AvgIpc) is 3.59. The van der Waals surface area contributed by atoms with E-state index in [1.54, 1.807) is 0 Å². The summed E-state index contributed by atoms with van der Waals surface area (Å²) in [7, 11) is 0. The molecule has 0 bridgehead atoms. The molecule has 4 N–H and O–H groups in total. The lowest BCUT2D eigenvalue weighted by atomic mass is 9.87. The summed E-state index contributed by atoms with van der Waals surface area (Å²) in [4.78, 5) is 63.7. The van der Waals surface area contributed by atoms with E-state index in [2.05, 4.69) is 21.3 Å². The lowest BCUT2D eigenvalue weighted by molar-refractivity contribution is -0.141. The molecule has 2 unspecified atom stereocenters. The molecule has 1 aliphatic carbocycles. The van der Waals surface area contributed by atoms with E-state index in [9.17, 15) is 32.8 Å². The zero-order valence-corrected chi connectivity index (χ0v) is 22.4. The predicted molar refractivity (Wildman–Crippen MR) is 140 cm³/mol. The fraction of sp³-hybridized carbons (Fsp3) is 0.536. The number of alkyl halides is 2. The zero-order chi connectivity index (χ0) is 28.7. The Bertz CT molecular complexity index is 1110. The number of hydrogen-bond donors (Lipinski definition) is 4. The second-order valence-corrected chi connectivity index (χ2v) is 11.3. The first-order valence-corrected chi connectivity index (χ1v) is 13.1. The summed E-state index contributed by atoms with van der Waals surface area (Å²) >= 11 is 0. The van der Waals surface area contributed by atoms with Crippen LogP contribution >= 0.6 is 0 Å². The average molecular weight is 547 g/mol. The lowest BCUT2D eigenvalue weighted by Crippen LogP contribution is -2.55. The Morgan fingerprint density at radius 1 is 1.03 bits per heavy atom. The van der Waals surface area contributed by atoms with E-state index >= 15 is 0 Å². The SMILES string of the molecule is CC(C)(C)CC(NC(=O)/C=C/c1ccc(C(F)F)cc1)C(=O)NC(C[C@@H]1CCNC1=O)C(=O)C(=O)NC1CC1. The standard InChI is InChI=1S/C28H36F2N4O5/c1-28(2,3)15-21(33-22(35)11-6-16-4-7-17(8-5-16)24(29)30)26(38)34-20(14-18-12-13-31-25(18)37)23(36)27(39)32-19-9-10-19/h4-8,11,18-21,24H,9-10,12-15H2,1-3H3,(H,31,37)(H,32,39)(H,33,35)(H,34,38)/b11-6+/t18-,20?,21?/m0/s1. The Morgan fingerprint density at radius 2 is 1.69 bits per heavy atom. The maximum atomic E-state index is 13.4. The molecule has 4 amide bonds. The highest BCUT2D eigenvalue weighted by Crippen LogP contribution is 2.23. The normalized spacial score (nSPS) is 18.9. The largest absolute Gasteiger partial charge is 0.356 e. The molecule has 1 aromatic carbocycles. The van der Waals surface area contributed by atoms with Gasteiger partial charge in [-0.1, -0.05) is 45.0 Å². The van der Waals surface area contributed by atoms with E-state index in [-0.39, 0.29) is 30.4 Å². The van der Waals surface area contributed by atoms with Crippen molar-refractivity contribution >= 4 is 35.5 Å². The van der Waals surface area contributed by atoms with E-state index in [1.807, 2.05) is 20.8 Å². The van der Waals surface area contributed by atoms with Crippen molar-refractivity contribution in [2.75, 3.05) is 6.54 Å². The molecule has 0 spiro atoms. The number of carbonyl (C=O) groups is 5. The van der Waals surface area contributed by atoms with Crippen LogP contribution in [0.2, 0.25) is 0 Å². The van der Waals surface area contributed by atoms with Gasteiger partial charge in [-0.3, -0.25) is 24.0 Å². The highest BCUT2D eigenvalue weighted by Gasteiger charge is 2.37. The molecule has 1 saturated heterocycles. The van der Waals surface area contributed by atoms with Gasteiger partial charge in [-0.25, -0.2) is 8.78 Å². The monoisotopic (exact) mass is 546 g/mol. The van der Waals surface area contributed by atoms with Crippen molar-refractivity contribution in [3.05, 3.63) is 41.5 Å². The minimum Gasteiger partial charge on any atom is -0.356 e. The van der Waals surface area contributed by atoms with Gasteiger partial charge in [-0.2, -0.15) is 0 Å². The number of benzene rings is 1. The minimum absolute atomic E-state index is 0.0286. The van der Waals surface area contributed by atoms with E-state index in [4.69, 9.17) is 0 Å². The van der Waals surface area contributed by atoms with Crippen molar-refractivity contribution in [2.45, 2.75) is 77.4 Å². The zero-order valence-electron chi connectivity index (χ0n) is 22.4. The summed E-state index contributed by atoms with van der Waals surface area (Å²) in [6.45, 7) is 6.10. The van der Waals surface area contributed by atoms with Crippen LogP contribution in [0.25, 0.3) is 6.08 Å². The second kappa shape index (κ2) is 12.9. The van der Waals surface area contributed by atoms with Crippen molar-refractivity contribution in [2.24, 2.45) is 11.3 Å². The molecule has 2 fully saturated rings.